The molecule has 5 rings (SSSR count). The van der Waals surface area contributed by atoms with E-state index in [1.165, 1.54) is 0 Å². The van der Waals surface area contributed by atoms with Gasteiger partial charge in [0.1, 0.15) is 5.82 Å². The number of para-hydroxylation sites is 2. The van der Waals surface area contributed by atoms with Crippen LogP contribution in [0.3, 0.4) is 0 Å². The van der Waals surface area contributed by atoms with Crippen LogP contribution in [0.1, 0.15) is 24.1 Å². The van der Waals surface area contributed by atoms with Crippen LogP contribution < -0.4 is 5.32 Å². The van der Waals surface area contributed by atoms with Crippen molar-refractivity contribution in [3.63, 3.8) is 0 Å². The molecule has 0 aliphatic heterocycles. The average Bonchev–Trinajstić information content (AvgIpc) is 3.42. The van der Waals surface area contributed by atoms with Gasteiger partial charge in [0.15, 0.2) is 0 Å². The van der Waals surface area contributed by atoms with E-state index >= 15 is 0 Å². The van der Waals surface area contributed by atoms with Crippen LogP contribution in [0.4, 0.5) is 5.82 Å². The Balaban J connectivity index is 1.61. The minimum atomic E-state index is 0.0477. The van der Waals surface area contributed by atoms with Gasteiger partial charge in [-0.15, -0.1) is 0 Å². The minimum absolute atomic E-state index is 0.0477. The summed E-state index contributed by atoms with van der Waals surface area (Å²) in [6.07, 6.45) is 1.90. The number of nitrogens with zero attached hydrogens (tertiary/aromatic N) is 4. The lowest BCUT2D eigenvalue weighted by Gasteiger charge is -2.12. The van der Waals surface area contributed by atoms with Crippen LogP contribution in [0.2, 0.25) is 5.02 Å². The quantitative estimate of drug-likeness (QED) is 0.528. The van der Waals surface area contributed by atoms with Crippen molar-refractivity contribution < 1.29 is 4.79 Å². The van der Waals surface area contributed by atoms with Gasteiger partial charge in [0, 0.05) is 17.0 Å². The highest BCUT2D eigenvalue weighted by atomic mass is 35.5. The van der Waals surface area contributed by atoms with Gasteiger partial charge in [-0.1, -0.05) is 35.9 Å². The number of aryl methyl sites for hydroxylation is 1. The molecule has 0 atom stereocenters. The number of benzene rings is 2. The number of imidazole rings is 1. The van der Waals surface area contributed by atoms with Gasteiger partial charge >= 0.3 is 0 Å². The smallest absolute Gasteiger partial charge is 0.234 e. The minimum Gasteiger partial charge on any atom is -0.310 e. The molecule has 1 saturated carbocycles. The van der Waals surface area contributed by atoms with E-state index < -0.39 is 0 Å². The maximum atomic E-state index is 12.4. The van der Waals surface area contributed by atoms with Crippen molar-refractivity contribution in [2.75, 3.05) is 5.32 Å². The molecule has 2 aromatic heterocycles. The molecule has 1 aliphatic rings. The summed E-state index contributed by atoms with van der Waals surface area (Å²) in [6, 6.07) is 17.6. The van der Waals surface area contributed by atoms with E-state index in [1.54, 1.807) is 4.68 Å². The molecule has 146 valence electrons. The van der Waals surface area contributed by atoms with Crippen molar-refractivity contribution >= 4 is 34.4 Å². The van der Waals surface area contributed by atoms with Gasteiger partial charge in [0.05, 0.1) is 23.3 Å². The second kappa shape index (κ2) is 7.04. The lowest BCUT2D eigenvalue weighted by molar-refractivity contribution is -0.117. The number of fused-ring (bicyclic) bond motifs is 1. The molecule has 1 aliphatic carbocycles. The Morgan fingerprint density at radius 3 is 2.69 bits per heavy atom. The maximum absolute atomic E-state index is 12.4. The van der Waals surface area contributed by atoms with Crippen molar-refractivity contribution in [2.45, 2.75) is 26.3 Å². The molecule has 0 spiro atoms. The monoisotopic (exact) mass is 405 g/mol. The standard InChI is InChI=1S/C22H20ClN5O/c1-14-12-20(25-21(29)16-8-9-16)28(26-14)22-24-18-4-2-3-5-19(18)27(22)13-15-6-10-17(23)11-7-15/h2-7,10-12,16H,8-9,13H2,1H3,(H,25,29). The molecule has 0 saturated heterocycles. The summed E-state index contributed by atoms with van der Waals surface area (Å²) in [5.41, 5.74) is 3.81. The zero-order valence-corrected chi connectivity index (χ0v) is 16.7. The Morgan fingerprint density at radius 1 is 1.17 bits per heavy atom. The summed E-state index contributed by atoms with van der Waals surface area (Å²) in [5, 5.41) is 8.35. The Morgan fingerprint density at radius 2 is 1.93 bits per heavy atom. The van der Waals surface area contributed by atoms with Gasteiger partial charge in [-0.05, 0) is 49.6 Å². The van der Waals surface area contributed by atoms with E-state index in [-0.39, 0.29) is 11.8 Å². The summed E-state index contributed by atoms with van der Waals surface area (Å²) in [6.45, 7) is 2.53. The third-order valence-electron chi connectivity index (χ3n) is 5.11. The molecule has 2 heterocycles. The first-order valence-electron chi connectivity index (χ1n) is 9.66. The number of rotatable bonds is 5. The second-order valence-corrected chi connectivity index (χ2v) is 7.90. The normalized spacial score (nSPS) is 13.7. The highest BCUT2D eigenvalue weighted by Gasteiger charge is 2.30. The molecule has 1 N–H and O–H groups in total. The summed E-state index contributed by atoms with van der Waals surface area (Å²) in [7, 11) is 0. The fourth-order valence-electron chi connectivity index (χ4n) is 3.47. The van der Waals surface area contributed by atoms with E-state index in [9.17, 15) is 4.79 Å². The first-order valence-corrected chi connectivity index (χ1v) is 10.0. The topological polar surface area (TPSA) is 64.7 Å². The molecule has 6 nitrogen and oxygen atoms in total. The molecule has 0 bridgehead atoms. The first-order chi connectivity index (χ1) is 14.1. The molecular formula is C22H20ClN5O. The van der Waals surface area contributed by atoms with Gasteiger partial charge in [0.25, 0.3) is 0 Å². The Bertz CT molecular complexity index is 1200. The van der Waals surface area contributed by atoms with Gasteiger partial charge in [-0.25, -0.2) is 4.98 Å². The van der Waals surface area contributed by atoms with Crippen LogP contribution in [0, 0.1) is 12.8 Å². The number of carbonyl (C=O) groups excluding carboxylic acids is 1. The van der Waals surface area contributed by atoms with E-state index in [1.807, 2.05) is 61.5 Å². The summed E-state index contributed by atoms with van der Waals surface area (Å²) in [5.74, 6) is 1.48. The van der Waals surface area contributed by atoms with Gasteiger partial charge < -0.3 is 9.88 Å². The summed E-state index contributed by atoms with van der Waals surface area (Å²) < 4.78 is 3.84. The van der Waals surface area contributed by atoms with Gasteiger partial charge in [-0.2, -0.15) is 9.78 Å². The van der Waals surface area contributed by atoms with Crippen molar-refractivity contribution in [3.05, 3.63) is 70.9 Å². The van der Waals surface area contributed by atoms with Crippen molar-refractivity contribution in [3.8, 4) is 5.95 Å². The SMILES string of the molecule is Cc1cc(NC(=O)C2CC2)n(-c2nc3ccccc3n2Cc2ccc(Cl)cc2)n1. The number of hydrogen-bond acceptors (Lipinski definition) is 3. The molecule has 1 amide bonds. The third kappa shape index (κ3) is 3.51. The Kier molecular flexibility index (Phi) is 4.36. The lowest BCUT2D eigenvalue weighted by Crippen LogP contribution is -2.18. The number of amides is 1. The number of anilines is 1. The van der Waals surface area contributed by atoms with E-state index in [0.717, 1.165) is 35.1 Å². The number of nitrogens with one attached hydrogen (secondary N) is 1. The predicted molar refractivity (Wildman–Crippen MR) is 113 cm³/mol. The molecule has 7 heteroatoms. The van der Waals surface area contributed by atoms with Crippen LogP contribution in [0.25, 0.3) is 17.0 Å². The fourth-order valence-corrected chi connectivity index (χ4v) is 3.59. The molecule has 2 aromatic carbocycles. The Labute approximate surface area is 173 Å². The van der Waals surface area contributed by atoms with Crippen molar-refractivity contribution in [1.29, 1.82) is 0 Å². The van der Waals surface area contributed by atoms with Crippen LogP contribution in [-0.4, -0.2) is 25.2 Å². The van der Waals surface area contributed by atoms with Crippen LogP contribution in [0.5, 0.6) is 0 Å². The third-order valence-corrected chi connectivity index (χ3v) is 5.36. The highest BCUT2D eigenvalue weighted by Crippen LogP contribution is 2.31. The maximum Gasteiger partial charge on any atom is 0.234 e. The second-order valence-electron chi connectivity index (χ2n) is 7.46. The molecule has 4 aromatic rings. The largest absolute Gasteiger partial charge is 0.310 e. The van der Waals surface area contributed by atoms with Crippen LogP contribution in [0.15, 0.2) is 54.6 Å². The van der Waals surface area contributed by atoms with Crippen molar-refractivity contribution in [2.24, 2.45) is 5.92 Å². The van der Waals surface area contributed by atoms with Crippen LogP contribution >= 0.6 is 11.6 Å². The summed E-state index contributed by atoms with van der Waals surface area (Å²) in [4.78, 5) is 17.2. The molecular weight excluding hydrogens is 386 g/mol. The zero-order chi connectivity index (χ0) is 20.0. The molecule has 0 unspecified atom stereocenters. The number of aromatic nitrogens is 4. The highest BCUT2D eigenvalue weighted by molar-refractivity contribution is 6.30. The van der Waals surface area contributed by atoms with Crippen LogP contribution in [-0.2, 0) is 11.3 Å². The average molecular weight is 406 g/mol. The van der Waals surface area contributed by atoms with E-state index in [4.69, 9.17) is 16.6 Å². The number of halogens is 1. The Hall–Kier alpha value is -3.12. The predicted octanol–water partition coefficient (Wildman–Crippen LogP) is 4.58. The zero-order valence-electron chi connectivity index (χ0n) is 16.0. The van der Waals surface area contributed by atoms with E-state index in [2.05, 4.69) is 15.0 Å². The lowest BCUT2D eigenvalue weighted by atomic mass is 10.2. The van der Waals surface area contributed by atoms with Gasteiger partial charge in [0.2, 0.25) is 11.9 Å². The summed E-state index contributed by atoms with van der Waals surface area (Å²) >= 11 is 6.04. The number of carbonyl (C=O) groups is 1. The molecule has 0 radical (unpaired) electrons. The van der Waals surface area contributed by atoms with E-state index in [0.29, 0.717) is 23.3 Å². The van der Waals surface area contributed by atoms with Crippen molar-refractivity contribution in [1.82, 2.24) is 19.3 Å². The number of hydrogen-bond donors (Lipinski definition) is 1. The first kappa shape index (κ1) is 17.9. The molecule has 1 fully saturated rings. The molecule has 29 heavy (non-hydrogen) atoms. The van der Waals surface area contributed by atoms with Gasteiger partial charge in [-0.3, -0.25) is 4.79 Å². The fraction of sp³-hybridized carbons (Fsp3) is 0.227.